The minimum Gasteiger partial charge on any atom is -0.490 e. The van der Waals surface area contributed by atoms with Gasteiger partial charge in [-0.25, -0.2) is 13.1 Å². The summed E-state index contributed by atoms with van der Waals surface area (Å²) in [6, 6.07) is 7.58. The van der Waals surface area contributed by atoms with Crippen LogP contribution in [0.4, 0.5) is 0 Å². The summed E-state index contributed by atoms with van der Waals surface area (Å²) in [5, 5.41) is 0. The second-order valence-electron chi connectivity index (χ2n) is 8.18. The van der Waals surface area contributed by atoms with E-state index in [1.165, 1.54) is 0 Å². The fourth-order valence-corrected chi connectivity index (χ4v) is 3.74. The highest BCUT2D eigenvalue weighted by molar-refractivity contribution is 7.89. The number of sulfonamides is 1. The van der Waals surface area contributed by atoms with E-state index in [1.54, 1.807) is 0 Å². The summed E-state index contributed by atoms with van der Waals surface area (Å²) in [5.74, 6) is 0.837. The maximum atomic E-state index is 12.2. The number of hydrogen-bond donors (Lipinski definition) is 1. The zero-order valence-corrected chi connectivity index (χ0v) is 17.5. The molecule has 0 spiro atoms. The van der Waals surface area contributed by atoms with Gasteiger partial charge in [0, 0.05) is 26.0 Å². The van der Waals surface area contributed by atoms with Gasteiger partial charge >= 0.3 is 0 Å². The first-order chi connectivity index (χ1) is 12.7. The van der Waals surface area contributed by atoms with Crippen LogP contribution in [0.1, 0.15) is 45.6 Å². The zero-order chi connectivity index (χ0) is 19.8. The molecule has 1 N–H and O–H groups in total. The highest BCUT2D eigenvalue weighted by Crippen LogP contribution is 2.19. The molecule has 1 heterocycles. The number of rotatable bonds is 10. The minimum atomic E-state index is -3.32. The SMILES string of the molecule is CC(C)(C)COCCCS(=O)(=O)NCc1cccc(OC2CCOCC2)c1. The van der Waals surface area contributed by atoms with Crippen molar-refractivity contribution in [2.45, 2.75) is 52.7 Å². The number of hydrogen-bond acceptors (Lipinski definition) is 5. The van der Waals surface area contributed by atoms with Crippen LogP contribution >= 0.6 is 0 Å². The molecule has 0 atom stereocenters. The molecule has 154 valence electrons. The Balaban J connectivity index is 1.73. The lowest BCUT2D eigenvalue weighted by Gasteiger charge is -2.23. The molecule has 0 aromatic heterocycles. The molecule has 7 heteroatoms. The quantitative estimate of drug-likeness (QED) is 0.612. The van der Waals surface area contributed by atoms with Crippen LogP contribution in [0, 0.1) is 5.41 Å². The Hall–Kier alpha value is -1.15. The van der Waals surface area contributed by atoms with Crippen molar-refractivity contribution in [2.24, 2.45) is 5.41 Å². The van der Waals surface area contributed by atoms with Gasteiger partial charge in [0.1, 0.15) is 11.9 Å². The smallest absolute Gasteiger partial charge is 0.211 e. The molecule has 6 nitrogen and oxygen atoms in total. The molecule has 1 aliphatic rings. The molecule has 1 aliphatic heterocycles. The average Bonchev–Trinajstić information content (AvgIpc) is 2.60. The maximum Gasteiger partial charge on any atom is 0.211 e. The van der Waals surface area contributed by atoms with Crippen LogP contribution in [0.2, 0.25) is 0 Å². The summed E-state index contributed by atoms with van der Waals surface area (Å²) in [6.07, 6.45) is 2.42. The van der Waals surface area contributed by atoms with Crippen molar-refractivity contribution >= 4 is 10.0 Å². The van der Waals surface area contributed by atoms with Gasteiger partial charge in [-0.3, -0.25) is 0 Å². The van der Waals surface area contributed by atoms with E-state index in [-0.39, 0.29) is 23.8 Å². The van der Waals surface area contributed by atoms with Crippen molar-refractivity contribution in [2.75, 3.05) is 32.2 Å². The van der Waals surface area contributed by atoms with E-state index >= 15 is 0 Å². The van der Waals surface area contributed by atoms with Crippen molar-refractivity contribution in [3.05, 3.63) is 29.8 Å². The van der Waals surface area contributed by atoms with Crippen LogP contribution in [0.5, 0.6) is 5.75 Å². The first-order valence-electron chi connectivity index (χ1n) is 9.62. The molecule has 27 heavy (non-hydrogen) atoms. The van der Waals surface area contributed by atoms with Crippen LogP contribution in [0.3, 0.4) is 0 Å². The summed E-state index contributed by atoms with van der Waals surface area (Å²) < 4.78 is 43.8. The Morgan fingerprint density at radius 2 is 1.96 bits per heavy atom. The van der Waals surface area contributed by atoms with Crippen molar-refractivity contribution in [3.63, 3.8) is 0 Å². The van der Waals surface area contributed by atoms with Crippen LogP contribution in [0.15, 0.2) is 24.3 Å². The Bertz CT molecular complexity index is 663. The van der Waals surface area contributed by atoms with E-state index in [2.05, 4.69) is 25.5 Å². The summed E-state index contributed by atoms with van der Waals surface area (Å²) >= 11 is 0. The minimum absolute atomic E-state index is 0.0649. The van der Waals surface area contributed by atoms with Gasteiger partial charge in [-0.15, -0.1) is 0 Å². The van der Waals surface area contributed by atoms with E-state index in [1.807, 2.05) is 24.3 Å². The second kappa shape index (κ2) is 10.4. The van der Waals surface area contributed by atoms with Gasteiger partial charge in [0.25, 0.3) is 0 Å². The van der Waals surface area contributed by atoms with Gasteiger partial charge in [-0.2, -0.15) is 0 Å². The highest BCUT2D eigenvalue weighted by Gasteiger charge is 2.16. The van der Waals surface area contributed by atoms with E-state index in [0.29, 0.717) is 19.6 Å². The largest absolute Gasteiger partial charge is 0.490 e. The summed E-state index contributed by atoms with van der Waals surface area (Å²) in [6.45, 7) is 9.05. The zero-order valence-electron chi connectivity index (χ0n) is 16.7. The molecule has 0 unspecified atom stereocenters. The van der Waals surface area contributed by atoms with Gasteiger partial charge in [-0.1, -0.05) is 32.9 Å². The first-order valence-corrected chi connectivity index (χ1v) is 11.3. The number of benzene rings is 1. The van der Waals surface area contributed by atoms with E-state index in [9.17, 15) is 8.42 Å². The normalized spacial score (nSPS) is 16.4. The van der Waals surface area contributed by atoms with Crippen molar-refractivity contribution in [1.29, 1.82) is 0 Å². The molecule has 2 rings (SSSR count). The lowest BCUT2D eigenvalue weighted by atomic mass is 9.99. The van der Waals surface area contributed by atoms with Crippen molar-refractivity contribution < 1.29 is 22.6 Å². The molecular formula is C20H33NO5S. The van der Waals surface area contributed by atoms with E-state index < -0.39 is 10.0 Å². The van der Waals surface area contributed by atoms with E-state index in [4.69, 9.17) is 14.2 Å². The standard InChI is InChI=1S/C20H33NO5S/c1-20(2,3)16-25-10-5-13-27(22,23)21-15-17-6-4-7-19(14-17)26-18-8-11-24-12-9-18/h4,6-7,14,18,21H,5,8-13,15-16H2,1-3H3. The average molecular weight is 400 g/mol. The van der Waals surface area contributed by atoms with Gasteiger partial charge < -0.3 is 14.2 Å². The number of nitrogens with one attached hydrogen (secondary N) is 1. The Morgan fingerprint density at radius 1 is 1.22 bits per heavy atom. The molecule has 0 saturated carbocycles. The van der Waals surface area contributed by atoms with Crippen molar-refractivity contribution in [3.8, 4) is 5.75 Å². The predicted octanol–water partition coefficient (Wildman–Crippen LogP) is 3.12. The summed E-state index contributed by atoms with van der Waals surface area (Å²) in [4.78, 5) is 0. The molecule has 0 aliphatic carbocycles. The van der Waals surface area contributed by atoms with Crippen LogP contribution < -0.4 is 9.46 Å². The lowest BCUT2D eigenvalue weighted by molar-refractivity contribution is 0.0255. The fraction of sp³-hybridized carbons (Fsp3) is 0.700. The Labute approximate surface area is 163 Å². The predicted molar refractivity (Wildman–Crippen MR) is 106 cm³/mol. The van der Waals surface area contributed by atoms with Crippen LogP contribution in [-0.2, 0) is 26.0 Å². The molecule has 1 fully saturated rings. The summed E-state index contributed by atoms with van der Waals surface area (Å²) in [5.41, 5.74) is 0.974. The van der Waals surface area contributed by atoms with Crippen LogP contribution in [-0.4, -0.2) is 46.7 Å². The second-order valence-corrected chi connectivity index (χ2v) is 10.1. The molecular weight excluding hydrogens is 366 g/mol. The van der Waals surface area contributed by atoms with Gasteiger partial charge in [-0.05, 0) is 29.5 Å². The van der Waals surface area contributed by atoms with E-state index in [0.717, 1.165) is 37.4 Å². The monoisotopic (exact) mass is 399 g/mol. The molecule has 1 saturated heterocycles. The Morgan fingerprint density at radius 3 is 2.67 bits per heavy atom. The molecule has 1 aromatic rings. The lowest BCUT2D eigenvalue weighted by Crippen LogP contribution is -2.27. The first kappa shape index (κ1) is 22.1. The number of ether oxygens (including phenoxy) is 3. The Kier molecular flexibility index (Phi) is 8.54. The third kappa shape index (κ3) is 9.55. The molecule has 1 aromatic carbocycles. The highest BCUT2D eigenvalue weighted by atomic mass is 32.2. The van der Waals surface area contributed by atoms with Gasteiger partial charge in [0.05, 0.1) is 25.6 Å². The van der Waals surface area contributed by atoms with Gasteiger partial charge in [0.2, 0.25) is 10.0 Å². The topological polar surface area (TPSA) is 73.9 Å². The van der Waals surface area contributed by atoms with Gasteiger partial charge in [0.15, 0.2) is 0 Å². The fourth-order valence-electron chi connectivity index (χ4n) is 2.71. The molecule has 0 bridgehead atoms. The van der Waals surface area contributed by atoms with Crippen LogP contribution in [0.25, 0.3) is 0 Å². The van der Waals surface area contributed by atoms with Crippen molar-refractivity contribution in [1.82, 2.24) is 4.72 Å². The third-order valence-electron chi connectivity index (χ3n) is 4.10. The molecule has 0 radical (unpaired) electrons. The maximum absolute atomic E-state index is 12.2. The molecule has 0 amide bonds. The third-order valence-corrected chi connectivity index (χ3v) is 5.51. The summed E-state index contributed by atoms with van der Waals surface area (Å²) in [7, 11) is -3.32.